The Morgan fingerprint density at radius 1 is 1.19 bits per heavy atom. The quantitative estimate of drug-likeness (QED) is 0.891. The molecule has 0 saturated heterocycles. The molecular weight excluding hydrogens is 288 g/mol. The number of halogens is 1. The van der Waals surface area contributed by atoms with E-state index in [0.717, 1.165) is 5.56 Å². The summed E-state index contributed by atoms with van der Waals surface area (Å²) in [7, 11) is 1.57. The van der Waals surface area contributed by atoms with Crippen molar-refractivity contribution in [2.75, 3.05) is 12.4 Å². The fourth-order valence-corrected chi connectivity index (χ4v) is 1.88. The van der Waals surface area contributed by atoms with E-state index in [1.807, 2.05) is 18.2 Å². The number of methoxy groups -OCH3 is 1. The van der Waals surface area contributed by atoms with Crippen molar-refractivity contribution in [2.24, 2.45) is 0 Å². The predicted octanol–water partition coefficient (Wildman–Crippen LogP) is 4.14. The normalized spacial score (nSPS) is 10.4. The van der Waals surface area contributed by atoms with Crippen molar-refractivity contribution in [1.29, 1.82) is 0 Å². The van der Waals surface area contributed by atoms with Crippen LogP contribution < -0.4 is 15.4 Å². The summed E-state index contributed by atoms with van der Waals surface area (Å²) in [5, 5.41) is 5.95. The van der Waals surface area contributed by atoms with E-state index in [1.54, 1.807) is 43.5 Å². The van der Waals surface area contributed by atoms with Gasteiger partial charge >= 0.3 is 6.03 Å². The molecule has 5 heteroatoms. The van der Waals surface area contributed by atoms with Gasteiger partial charge in [-0.05, 0) is 29.8 Å². The summed E-state index contributed by atoms with van der Waals surface area (Å²) in [6.07, 6.45) is 3.27. The van der Waals surface area contributed by atoms with Crippen molar-refractivity contribution in [2.45, 2.75) is 0 Å². The first-order valence-corrected chi connectivity index (χ1v) is 6.69. The number of nitrogens with one attached hydrogen (secondary N) is 2. The first-order chi connectivity index (χ1) is 10.2. The summed E-state index contributed by atoms with van der Waals surface area (Å²) in [6.45, 7) is 0. The van der Waals surface area contributed by atoms with E-state index in [-0.39, 0.29) is 6.03 Å². The van der Waals surface area contributed by atoms with Crippen LogP contribution in [-0.2, 0) is 0 Å². The standard InChI is InChI=1S/C16H15ClN2O2/c1-21-14-7-4-6-13(11-14)19-16(20)18-10-9-12-5-2-3-8-15(12)17/h2-11H,1H3,(H2,18,19,20)/b10-9+. The number of carbonyl (C=O) groups excluding carboxylic acids is 1. The Balaban J connectivity index is 1.91. The van der Waals surface area contributed by atoms with Gasteiger partial charge in [0.05, 0.1) is 7.11 Å². The van der Waals surface area contributed by atoms with E-state index in [4.69, 9.17) is 16.3 Å². The fourth-order valence-electron chi connectivity index (χ4n) is 1.69. The zero-order chi connectivity index (χ0) is 15.1. The van der Waals surface area contributed by atoms with Crippen LogP contribution in [0.3, 0.4) is 0 Å². The Hall–Kier alpha value is -2.46. The van der Waals surface area contributed by atoms with Crippen LogP contribution in [-0.4, -0.2) is 13.1 Å². The molecule has 2 rings (SSSR count). The van der Waals surface area contributed by atoms with E-state index in [9.17, 15) is 4.79 Å². The molecule has 4 nitrogen and oxygen atoms in total. The molecule has 0 aliphatic heterocycles. The highest BCUT2D eigenvalue weighted by Gasteiger charge is 2.00. The van der Waals surface area contributed by atoms with E-state index in [1.165, 1.54) is 6.20 Å². The van der Waals surface area contributed by atoms with Crippen molar-refractivity contribution < 1.29 is 9.53 Å². The second-order valence-electron chi connectivity index (χ2n) is 4.19. The zero-order valence-corrected chi connectivity index (χ0v) is 12.2. The molecule has 0 fully saturated rings. The van der Waals surface area contributed by atoms with E-state index in [0.29, 0.717) is 16.5 Å². The highest BCUT2D eigenvalue weighted by Crippen LogP contribution is 2.17. The van der Waals surface area contributed by atoms with Gasteiger partial charge < -0.3 is 15.4 Å². The second kappa shape index (κ2) is 7.36. The van der Waals surface area contributed by atoms with Crippen LogP contribution in [0.25, 0.3) is 6.08 Å². The first-order valence-electron chi connectivity index (χ1n) is 6.31. The lowest BCUT2D eigenvalue weighted by atomic mass is 10.2. The highest BCUT2D eigenvalue weighted by atomic mass is 35.5. The minimum Gasteiger partial charge on any atom is -0.497 e. The van der Waals surface area contributed by atoms with Gasteiger partial charge in [-0.15, -0.1) is 0 Å². The number of carbonyl (C=O) groups is 1. The van der Waals surface area contributed by atoms with Gasteiger partial charge in [0.2, 0.25) is 0 Å². The van der Waals surface area contributed by atoms with Crippen LogP contribution in [0.5, 0.6) is 5.75 Å². The lowest BCUT2D eigenvalue weighted by Crippen LogP contribution is -2.23. The van der Waals surface area contributed by atoms with Crippen LogP contribution in [0.2, 0.25) is 5.02 Å². The first kappa shape index (κ1) is 14.9. The third-order valence-electron chi connectivity index (χ3n) is 2.71. The van der Waals surface area contributed by atoms with Gasteiger partial charge in [0.1, 0.15) is 5.75 Å². The van der Waals surface area contributed by atoms with Gasteiger partial charge in [-0.2, -0.15) is 0 Å². The Morgan fingerprint density at radius 2 is 2.00 bits per heavy atom. The molecule has 0 bridgehead atoms. The van der Waals surface area contributed by atoms with Gasteiger partial charge in [-0.3, -0.25) is 0 Å². The number of hydrogen-bond donors (Lipinski definition) is 2. The molecule has 0 aliphatic carbocycles. The smallest absolute Gasteiger partial charge is 0.323 e. The molecule has 0 aliphatic rings. The molecule has 0 radical (unpaired) electrons. The fraction of sp³-hybridized carbons (Fsp3) is 0.0625. The molecule has 0 atom stereocenters. The predicted molar refractivity (Wildman–Crippen MR) is 85.6 cm³/mol. The van der Waals surface area contributed by atoms with Gasteiger partial charge in [0, 0.05) is 23.0 Å². The number of benzene rings is 2. The maximum Gasteiger partial charge on any atom is 0.323 e. The summed E-state index contributed by atoms with van der Waals surface area (Å²) in [5.74, 6) is 0.680. The highest BCUT2D eigenvalue weighted by molar-refractivity contribution is 6.32. The van der Waals surface area contributed by atoms with Gasteiger partial charge in [-0.25, -0.2) is 4.79 Å². The zero-order valence-electron chi connectivity index (χ0n) is 11.5. The Bertz CT molecular complexity index is 656. The number of hydrogen-bond acceptors (Lipinski definition) is 2. The summed E-state index contributed by atoms with van der Waals surface area (Å²) < 4.78 is 5.09. The van der Waals surface area contributed by atoms with Crippen LogP contribution in [0.15, 0.2) is 54.7 Å². The van der Waals surface area contributed by atoms with Crippen molar-refractivity contribution in [3.8, 4) is 5.75 Å². The lowest BCUT2D eigenvalue weighted by molar-refractivity contribution is 0.255. The Morgan fingerprint density at radius 3 is 2.76 bits per heavy atom. The van der Waals surface area contributed by atoms with E-state index in [2.05, 4.69) is 10.6 Å². The van der Waals surface area contributed by atoms with E-state index >= 15 is 0 Å². The summed E-state index contributed by atoms with van der Waals surface area (Å²) >= 11 is 6.01. The lowest BCUT2D eigenvalue weighted by Gasteiger charge is -2.06. The number of rotatable bonds is 4. The summed E-state index contributed by atoms with van der Waals surface area (Å²) in [6, 6.07) is 14.2. The molecule has 0 heterocycles. The van der Waals surface area contributed by atoms with E-state index < -0.39 is 0 Å². The molecule has 21 heavy (non-hydrogen) atoms. The Labute approximate surface area is 128 Å². The molecule has 108 valence electrons. The molecule has 2 aromatic rings. The molecule has 0 unspecified atom stereocenters. The Kier molecular flexibility index (Phi) is 5.23. The van der Waals surface area contributed by atoms with Crippen molar-refractivity contribution in [3.63, 3.8) is 0 Å². The largest absolute Gasteiger partial charge is 0.497 e. The second-order valence-corrected chi connectivity index (χ2v) is 4.59. The van der Waals surface area contributed by atoms with Crippen LogP contribution in [0.1, 0.15) is 5.56 Å². The van der Waals surface area contributed by atoms with Crippen LogP contribution >= 0.6 is 11.6 Å². The molecule has 2 aromatic carbocycles. The maximum absolute atomic E-state index is 11.7. The summed E-state index contributed by atoms with van der Waals surface area (Å²) in [4.78, 5) is 11.7. The number of urea groups is 1. The van der Waals surface area contributed by atoms with Gasteiger partial charge in [0.15, 0.2) is 0 Å². The number of ether oxygens (including phenoxy) is 1. The van der Waals surface area contributed by atoms with Gasteiger partial charge in [0.25, 0.3) is 0 Å². The average Bonchev–Trinajstić information content (AvgIpc) is 2.49. The SMILES string of the molecule is COc1cccc(NC(=O)N/C=C/c2ccccc2Cl)c1. The number of amides is 2. The van der Waals surface area contributed by atoms with Crippen molar-refractivity contribution in [3.05, 3.63) is 65.3 Å². The number of anilines is 1. The molecule has 0 saturated carbocycles. The topological polar surface area (TPSA) is 50.4 Å². The minimum absolute atomic E-state index is 0.341. The maximum atomic E-state index is 11.7. The molecule has 2 N–H and O–H groups in total. The van der Waals surface area contributed by atoms with Crippen LogP contribution in [0, 0.1) is 0 Å². The third-order valence-corrected chi connectivity index (χ3v) is 3.05. The minimum atomic E-state index is -0.341. The van der Waals surface area contributed by atoms with Crippen molar-refractivity contribution >= 4 is 29.4 Å². The molecule has 0 spiro atoms. The molecule has 0 aromatic heterocycles. The third kappa shape index (κ3) is 4.54. The van der Waals surface area contributed by atoms with Crippen molar-refractivity contribution in [1.82, 2.24) is 5.32 Å². The molecular formula is C16H15ClN2O2. The molecule has 2 amide bonds. The monoisotopic (exact) mass is 302 g/mol. The van der Waals surface area contributed by atoms with Gasteiger partial charge in [-0.1, -0.05) is 35.9 Å². The van der Waals surface area contributed by atoms with Crippen LogP contribution in [0.4, 0.5) is 10.5 Å². The average molecular weight is 303 g/mol. The summed E-state index contributed by atoms with van der Waals surface area (Å²) in [5.41, 5.74) is 1.49.